The van der Waals surface area contributed by atoms with Gasteiger partial charge in [0.2, 0.25) is 5.95 Å². The SMILES string of the molecule is CCn1c(/N=C/c2c(O)ccc3ccccc23)nc2ccccc21. The van der Waals surface area contributed by atoms with Crippen molar-refractivity contribution in [2.75, 3.05) is 0 Å². The summed E-state index contributed by atoms with van der Waals surface area (Å²) in [6, 6.07) is 19.6. The van der Waals surface area contributed by atoms with Gasteiger partial charge < -0.3 is 9.67 Å². The molecule has 0 aliphatic rings. The Hall–Kier alpha value is -3.14. The standard InChI is InChI=1S/C20H17N3O/c1-2-23-18-10-6-5-9-17(18)22-20(23)21-13-16-15-8-4-3-7-14(15)11-12-19(16)24/h3-13,24H,2H2,1H3/b21-13+. The van der Waals surface area contributed by atoms with Crippen LogP contribution in [-0.4, -0.2) is 20.9 Å². The summed E-state index contributed by atoms with van der Waals surface area (Å²) in [5.74, 6) is 0.864. The van der Waals surface area contributed by atoms with E-state index in [1.165, 1.54) is 0 Å². The molecule has 1 heterocycles. The maximum absolute atomic E-state index is 10.2. The predicted molar refractivity (Wildman–Crippen MR) is 98.3 cm³/mol. The Kier molecular flexibility index (Phi) is 3.50. The number of aryl methyl sites for hydroxylation is 1. The van der Waals surface area contributed by atoms with Gasteiger partial charge in [0.1, 0.15) is 5.75 Å². The molecule has 0 unspecified atom stereocenters. The lowest BCUT2D eigenvalue weighted by Gasteiger charge is -2.05. The van der Waals surface area contributed by atoms with Gasteiger partial charge in [-0.15, -0.1) is 0 Å². The zero-order valence-electron chi connectivity index (χ0n) is 13.3. The number of phenols is 1. The summed E-state index contributed by atoms with van der Waals surface area (Å²) in [6.07, 6.45) is 1.70. The van der Waals surface area contributed by atoms with Gasteiger partial charge in [-0.2, -0.15) is 0 Å². The third-order valence-electron chi connectivity index (χ3n) is 4.21. The number of aromatic nitrogens is 2. The van der Waals surface area contributed by atoms with Gasteiger partial charge in [-0.25, -0.2) is 9.98 Å². The van der Waals surface area contributed by atoms with E-state index in [2.05, 4.69) is 21.5 Å². The van der Waals surface area contributed by atoms with Gasteiger partial charge in [-0.1, -0.05) is 42.5 Å². The number of benzene rings is 3. The number of rotatable bonds is 3. The zero-order chi connectivity index (χ0) is 16.5. The zero-order valence-corrected chi connectivity index (χ0v) is 13.3. The summed E-state index contributed by atoms with van der Waals surface area (Å²) in [4.78, 5) is 9.15. The van der Waals surface area contributed by atoms with Gasteiger partial charge in [0, 0.05) is 18.3 Å². The predicted octanol–water partition coefficient (Wildman–Crippen LogP) is 4.67. The number of fused-ring (bicyclic) bond motifs is 2. The Morgan fingerprint density at radius 2 is 1.83 bits per heavy atom. The summed E-state index contributed by atoms with van der Waals surface area (Å²) in [5.41, 5.74) is 2.70. The Balaban J connectivity index is 1.86. The monoisotopic (exact) mass is 315 g/mol. The quantitative estimate of drug-likeness (QED) is 0.559. The fourth-order valence-electron chi connectivity index (χ4n) is 3.02. The van der Waals surface area contributed by atoms with Gasteiger partial charge in [0.05, 0.1) is 11.0 Å². The second-order valence-corrected chi connectivity index (χ2v) is 5.62. The van der Waals surface area contributed by atoms with Gasteiger partial charge >= 0.3 is 0 Å². The fraction of sp³-hybridized carbons (Fsp3) is 0.100. The summed E-state index contributed by atoms with van der Waals surface area (Å²) in [6.45, 7) is 2.86. The fourth-order valence-corrected chi connectivity index (χ4v) is 3.02. The van der Waals surface area contributed by atoms with Crippen LogP contribution in [0.4, 0.5) is 5.95 Å². The smallest absolute Gasteiger partial charge is 0.230 e. The molecule has 1 N–H and O–H groups in total. The van der Waals surface area contributed by atoms with E-state index in [0.717, 1.165) is 28.4 Å². The number of imidazole rings is 1. The van der Waals surface area contributed by atoms with Crippen molar-refractivity contribution in [3.05, 3.63) is 66.2 Å². The Labute approximate surface area is 139 Å². The minimum atomic E-state index is 0.219. The number of aliphatic imine (C=N–C) groups is 1. The molecule has 0 saturated heterocycles. The third kappa shape index (κ3) is 2.33. The molecule has 0 amide bonds. The lowest BCUT2D eigenvalue weighted by molar-refractivity contribution is 0.475. The maximum Gasteiger partial charge on any atom is 0.230 e. The molecule has 0 fully saturated rings. The minimum Gasteiger partial charge on any atom is -0.507 e. The third-order valence-corrected chi connectivity index (χ3v) is 4.21. The highest BCUT2D eigenvalue weighted by Gasteiger charge is 2.09. The first-order chi connectivity index (χ1) is 11.8. The lowest BCUT2D eigenvalue weighted by Crippen LogP contribution is -1.93. The van der Waals surface area contributed by atoms with Gasteiger partial charge in [0.15, 0.2) is 0 Å². The average Bonchev–Trinajstić information content (AvgIpc) is 2.98. The molecule has 24 heavy (non-hydrogen) atoms. The molecule has 0 atom stereocenters. The highest BCUT2D eigenvalue weighted by Crippen LogP contribution is 2.27. The van der Waals surface area contributed by atoms with Crippen molar-refractivity contribution in [2.24, 2.45) is 4.99 Å². The molecular weight excluding hydrogens is 298 g/mol. The molecule has 4 aromatic rings. The van der Waals surface area contributed by atoms with E-state index in [0.29, 0.717) is 11.5 Å². The molecule has 4 nitrogen and oxygen atoms in total. The molecule has 0 bridgehead atoms. The number of nitrogens with zero attached hydrogens (tertiary/aromatic N) is 3. The normalized spacial score (nSPS) is 11.7. The van der Waals surface area contributed by atoms with E-state index in [-0.39, 0.29) is 5.75 Å². The average molecular weight is 315 g/mol. The van der Waals surface area contributed by atoms with Crippen LogP contribution in [-0.2, 0) is 6.54 Å². The van der Waals surface area contributed by atoms with Crippen LogP contribution in [0.2, 0.25) is 0 Å². The molecule has 0 saturated carbocycles. The van der Waals surface area contributed by atoms with Crippen molar-refractivity contribution in [3.63, 3.8) is 0 Å². The summed E-state index contributed by atoms with van der Waals surface area (Å²) in [5, 5.41) is 12.3. The largest absolute Gasteiger partial charge is 0.507 e. The number of aromatic hydroxyl groups is 1. The summed E-state index contributed by atoms with van der Waals surface area (Å²) in [7, 11) is 0. The molecule has 3 aromatic carbocycles. The highest BCUT2D eigenvalue weighted by atomic mass is 16.3. The van der Waals surface area contributed by atoms with Crippen LogP contribution in [0.5, 0.6) is 5.75 Å². The van der Waals surface area contributed by atoms with E-state index >= 15 is 0 Å². The van der Waals surface area contributed by atoms with Crippen LogP contribution in [0.15, 0.2) is 65.7 Å². The van der Waals surface area contributed by atoms with Crippen molar-refractivity contribution in [1.29, 1.82) is 0 Å². The second kappa shape index (κ2) is 5.81. The summed E-state index contributed by atoms with van der Waals surface area (Å²) < 4.78 is 2.06. The van der Waals surface area contributed by atoms with Crippen LogP contribution < -0.4 is 0 Å². The molecule has 118 valence electrons. The van der Waals surface area contributed by atoms with Crippen molar-refractivity contribution in [2.45, 2.75) is 13.5 Å². The minimum absolute atomic E-state index is 0.219. The lowest BCUT2D eigenvalue weighted by atomic mass is 10.0. The van der Waals surface area contributed by atoms with Crippen molar-refractivity contribution >= 4 is 34.0 Å². The van der Waals surface area contributed by atoms with E-state index in [9.17, 15) is 5.11 Å². The van der Waals surface area contributed by atoms with Crippen LogP contribution in [0.1, 0.15) is 12.5 Å². The van der Waals surface area contributed by atoms with Crippen LogP contribution >= 0.6 is 0 Å². The van der Waals surface area contributed by atoms with E-state index < -0.39 is 0 Å². The first-order valence-corrected chi connectivity index (χ1v) is 7.98. The van der Waals surface area contributed by atoms with Crippen LogP contribution in [0, 0.1) is 0 Å². The topological polar surface area (TPSA) is 50.4 Å². The molecule has 0 aliphatic carbocycles. The number of para-hydroxylation sites is 2. The number of hydrogen-bond donors (Lipinski definition) is 1. The van der Waals surface area contributed by atoms with Crippen LogP contribution in [0.25, 0.3) is 21.8 Å². The first kappa shape index (κ1) is 14.5. The molecule has 0 aliphatic heterocycles. The van der Waals surface area contributed by atoms with Crippen molar-refractivity contribution in [3.8, 4) is 5.75 Å². The van der Waals surface area contributed by atoms with Crippen molar-refractivity contribution < 1.29 is 5.11 Å². The van der Waals surface area contributed by atoms with Crippen LogP contribution in [0.3, 0.4) is 0 Å². The molecule has 4 rings (SSSR count). The molecule has 4 heteroatoms. The van der Waals surface area contributed by atoms with Gasteiger partial charge in [-0.3, -0.25) is 0 Å². The Bertz CT molecular complexity index is 1060. The van der Waals surface area contributed by atoms with E-state index in [1.807, 2.05) is 54.6 Å². The van der Waals surface area contributed by atoms with E-state index in [1.54, 1.807) is 12.3 Å². The summed E-state index contributed by atoms with van der Waals surface area (Å²) >= 11 is 0. The second-order valence-electron chi connectivity index (χ2n) is 5.62. The van der Waals surface area contributed by atoms with E-state index in [4.69, 9.17) is 0 Å². The van der Waals surface area contributed by atoms with Crippen molar-refractivity contribution in [1.82, 2.24) is 9.55 Å². The number of hydrogen-bond acceptors (Lipinski definition) is 3. The van der Waals surface area contributed by atoms with Gasteiger partial charge in [0.25, 0.3) is 0 Å². The molecule has 0 spiro atoms. The Morgan fingerprint density at radius 3 is 2.71 bits per heavy atom. The number of phenolic OH excluding ortho intramolecular Hbond substituents is 1. The maximum atomic E-state index is 10.2. The first-order valence-electron chi connectivity index (χ1n) is 7.98. The van der Waals surface area contributed by atoms with Gasteiger partial charge in [-0.05, 0) is 35.9 Å². The molecular formula is C20H17N3O. The molecule has 1 aromatic heterocycles. The Morgan fingerprint density at radius 1 is 1.04 bits per heavy atom. The highest BCUT2D eigenvalue weighted by molar-refractivity contribution is 6.03. The molecule has 0 radical (unpaired) electrons.